The average Bonchev–Trinajstić information content (AvgIpc) is 3.56. The second-order valence-electron chi connectivity index (χ2n) is 8.36. The maximum Gasteiger partial charge on any atom is 0.274 e. The summed E-state index contributed by atoms with van der Waals surface area (Å²) in [5.41, 5.74) is 10.3. The lowest BCUT2D eigenvalue weighted by Gasteiger charge is -2.30. The number of benzene rings is 3. The minimum Gasteiger partial charge on any atom is -0.319 e. The largest absolute Gasteiger partial charge is 0.319 e. The number of nitrogens with zero attached hydrogens (tertiary/aromatic N) is 9. The minimum atomic E-state index is -1.19. The third-order valence-electron chi connectivity index (χ3n) is 6.23. The lowest BCUT2D eigenvalue weighted by atomic mass is 9.81. The van der Waals surface area contributed by atoms with Gasteiger partial charge in [0.2, 0.25) is 0 Å². The molecule has 0 fully saturated rings. The predicted molar refractivity (Wildman–Crippen MR) is 133 cm³/mol. The van der Waals surface area contributed by atoms with E-state index in [1.165, 1.54) is 0 Å². The van der Waals surface area contributed by atoms with Crippen LogP contribution in [0.15, 0.2) is 73.1 Å². The summed E-state index contributed by atoms with van der Waals surface area (Å²) in [4.78, 5) is 4.73. The Morgan fingerprint density at radius 1 is 1.00 bits per heavy atom. The van der Waals surface area contributed by atoms with E-state index in [1.54, 1.807) is 33.6 Å². The minimum absolute atomic E-state index is 0.365. The zero-order chi connectivity index (χ0) is 24.9. The van der Waals surface area contributed by atoms with Gasteiger partial charge in [0.05, 0.1) is 22.8 Å². The van der Waals surface area contributed by atoms with Gasteiger partial charge in [0.15, 0.2) is 5.82 Å². The lowest BCUT2D eigenvalue weighted by Crippen LogP contribution is -2.41. The molecule has 3 heterocycles. The number of tetrazole rings is 1. The van der Waals surface area contributed by atoms with Gasteiger partial charge in [0.1, 0.15) is 11.9 Å². The molecule has 0 radical (unpaired) electrons. The molecule has 0 aliphatic carbocycles. The fourth-order valence-electron chi connectivity index (χ4n) is 4.45. The Kier molecular flexibility index (Phi) is 4.96. The van der Waals surface area contributed by atoms with Crippen molar-refractivity contribution < 1.29 is 0 Å². The second kappa shape index (κ2) is 8.20. The van der Waals surface area contributed by atoms with Crippen LogP contribution < -0.4 is 5.73 Å². The monoisotopic (exact) mass is 492 g/mol. The lowest BCUT2D eigenvalue weighted by molar-refractivity contribution is 0.571. The third kappa shape index (κ3) is 3.30. The van der Waals surface area contributed by atoms with Gasteiger partial charge in [-0.3, -0.25) is 0 Å². The Hall–Kier alpha value is -4.72. The zero-order valence-corrected chi connectivity index (χ0v) is 19.7. The van der Waals surface area contributed by atoms with Crippen molar-refractivity contribution in [2.75, 3.05) is 0 Å². The Bertz CT molecular complexity index is 1800. The van der Waals surface area contributed by atoms with Crippen LogP contribution in [0.4, 0.5) is 0 Å². The van der Waals surface area contributed by atoms with Gasteiger partial charge >= 0.3 is 0 Å². The summed E-state index contributed by atoms with van der Waals surface area (Å²) in [6, 6.07) is 22.5. The molecule has 1 atom stereocenters. The van der Waals surface area contributed by atoms with Crippen molar-refractivity contribution >= 4 is 28.3 Å². The zero-order valence-electron chi connectivity index (χ0n) is 18.9. The van der Waals surface area contributed by atoms with Crippen LogP contribution in [0, 0.1) is 11.3 Å². The molecule has 36 heavy (non-hydrogen) atoms. The second-order valence-corrected chi connectivity index (χ2v) is 8.79. The highest BCUT2D eigenvalue weighted by Gasteiger charge is 2.37. The van der Waals surface area contributed by atoms with E-state index in [2.05, 4.69) is 31.8 Å². The summed E-state index contributed by atoms with van der Waals surface area (Å²) in [5, 5.41) is 31.0. The topological polar surface area (TPSA) is 136 Å². The third-order valence-corrected chi connectivity index (χ3v) is 6.47. The Morgan fingerprint density at radius 3 is 2.53 bits per heavy atom. The van der Waals surface area contributed by atoms with Gasteiger partial charge in [0.25, 0.3) is 5.78 Å². The van der Waals surface area contributed by atoms with E-state index < -0.39 is 5.54 Å². The van der Waals surface area contributed by atoms with Crippen molar-refractivity contribution in [3.63, 3.8) is 0 Å². The average molecular weight is 493 g/mol. The molecule has 0 amide bonds. The van der Waals surface area contributed by atoms with Crippen molar-refractivity contribution in [2.24, 2.45) is 12.8 Å². The van der Waals surface area contributed by atoms with Gasteiger partial charge in [-0.05, 0) is 58.0 Å². The molecule has 3 aromatic heterocycles. The molecule has 0 aliphatic rings. The maximum absolute atomic E-state index is 9.28. The maximum atomic E-state index is 9.28. The van der Waals surface area contributed by atoms with Gasteiger partial charge in [-0.2, -0.15) is 9.78 Å². The number of rotatable bonds is 4. The van der Waals surface area contributed by atoms with E-state index >= 15 is 0 Å². The summed E-state index contributed by atoms with van der Waals surface area (Å²) >= 11 is 6.30. The number of aromatic nitrogens is 8. The first-order valence-corrected chi connectivity index (χ1v) is 11.3. The van der Waals surface area contributed by atoms with Crippen LogP contribution in [0.1, 0.15) is 22.5 Å². The number of nitrogens with two attached hydrogens (primary N) is 1. The smallest absolute Gasteiger partial charge is 0.274 e. The molecule has 11 heteroatoms. The fourth-order valence-corrected chi connectivity index (χ4v) is 4.64. The van der Waals surface area contributed by atoms with Crippen LogP contribution in [0.5, 0.6) is 0 Å². The quantitative estimate of drug-likeness (QED) is 0.396. The number of aryl methyl sites for hydroxylation is 1. The SMILES string of the molecule is Cn1cnnc1C(N)(c1ccc(C#N)cc1)c1ccc2c(c1)c(-c1cccc(Cl)c1)nc1nnnn12. The fraction of sp³-hybridized carbons (Fsp3) is 0.0800. The van der Waals surface area contributed by atoms with Crippen LogP contribution >= 0.6 is 11.6 Å². The molecule has 10 nitrogen and oxygen atoms in total. The molecule has 174 valence electrons. The molecule has 3 aromatic carbocycles. The Morgan fingerprint density at radius 2 is 1.81 bits per heavy atom. The van der Waals surface area contributed by atoms with E-state index in [0.717, 1.165) is 27.6 Å². The van der Waals surface area contributed by atoms with Crippen LogP contribution in [0.3, 0.4) is 0 Å². The van der Waals surface area contributed by atoms with Crippen molar-refractivity contribution in [3.05, 3.63) is 101 Å². The highest BCUT2D eigenvalue weighted by Crippen LogP contribution is 2.37. The predicted octanol–water partition coefficient (Wildman–Crippen LogP) is 3.24. The standard InChI is InChI=1S/C25H17ClN10/c1-35-14-29-31-23(35)25(28,17-7-5-15(13-27)6-8-17)18-9-10-21-20(12-18)22(16-3-2-4-19(26)11-16)30-24-32-33-34-36(21)24/h2-12,14H,28H2,1H3. The van der Waals surface area contributed by atoms with Gasteiger partial charge in [-0.25, -0.2) is 4.98 Å². The number of nitriles is 1. The molecule has 0 aliphatic heterocycles. The van der Waals surface area contributed by atoms with Crippen LogP contribution in [-0.4, -0.2) is 39.8 Å². The summed E-state index contributed by atoms with van der Waals surface area (Å²) in [6.45, 7) is 0. The Balaban J connectivity index is 1.67. The molecule has 6 aromatic rings. The molecule has 0 bridgehead atoms. The first kappa shape index (κ1) is 21.8. The van der Waals surface area contributed by atoms with Gasteiger partial charge < -0.3 is 10.3 Å². The molecule has 6 rings (SSSR count). The van der Waals surface area contributed by atoms with E-state index in [-0.39, 0.29) is 0 Å². The summed E-state index contributed by atoms with van der Waals surface area (Å²) in [6.07, 6.45) is 1.60. The first-order valence-electron chi connectivity index (χ1n) is 10.9. The summed E-state index contributed by atoms with van der Waals surface area (Å²) < 4.78 is 3.36. The van der Waals surface area contributed by atoms with Crippen molar-refractivity contribution in [2.45, 2.75) is 5.54 Å². The van der Waals surface area contributed by atoms with Gasteiger partial charge in [-0.1, -0.05) is 47.0 Å². The number of hydrogen-bond acceptors (Lipinski definition) is 8. The van der Waals surface area contributed by atoms with Crippen molar-refractivity contribution in [1.29, 1.82) is 5.26 Å². The molecule has 0 saturated carbocycles. The van der Waals surface area contributed by atoms with E-state index in [1.807, 2.05) is 55.6 Å². The van der Waals surface area contributed by atoms with E-state index in [9.17, 15) is 5.26 Å². The molecular weight excluding hydrogens is 476 g/mol. The highest BCUT2D eigenvalue weighted by atomic mass is 35.5. The molecule has 0 saturated heterocycles. The molecule has 0 spiro atoms. The normalized spacial score (nSPS) is 13.1. The van der Waals surface area contributed by atoms with Crippen LogP contribution in [0.25, 0.3) is 27.9 Å². The molecule has 2 N–H and O–H groups in total. The molecule has 1 unspecified atom stereocenters. The van der Waals surface area contributed by atoms with Crippen LogP contribution in [0.2, 0.25) is 5.02 Å². The summed E-state index contributed by atoms with van der Waals surface area (Å²) in [7, 11) is 1.84. The highest BCUT2D eigenvalue weighted by molar-refractivity contribution is 6.30. The van der Waals surface area contributed by atoms with Crippen molar-refractivity contribution in [3.8, 4) is 17.3 Å². The molecular formula is C25H17ClN10. The van der Waals surface area contributed by atoms with Crippen LogP contribution in [-0.2, 0) is 12.6 Å². The van der Waals surface area contributed by atoms with Gasteiger partial charge in [0, 0.05) is 23.0 Å². The Labute approximate surface area is 209 Å². The summed E-state index contributed by atoms with van der Waals surface area (Å²) in [5.74, 6) is 0.900. The number of hydrogen-bond donors (Lipinski definition) is 1. The number of halogens is 1. The van der Waals surface area contributed by atoms with Gasteiger partial charge in [-0.15, -0.1) is 10.2 Å². The van der Waals surface area contributed by atoms with Crippen molar-refractivity contribution in [1.82, 2.24) is 39.8 Å². The van der Waals surface area contributed by atoms with E-state index in [4.69, 9.17) is 22.3 Å². The number of fused-ring (bicyclic) bond motifs is 3. The first-order chi connectivity index (χ1) is 17.5. The van der Waals surface area contributed by atoms with E-state index in [0.29, 0.717) is 27.9 Å².